The van der Waals surface area contributed by atoms with Crippen molar-refractivity contribution < 1.29 is 13.5 Å². The molecule has 4 heteroatoms. The predicted molar refractivity (Wildman–Crippen MR) is 88.4 cm³/mol. The van der Waals surface area contributed by atoms with Gasteiger partial charge in [-0.25, -0.2) is 8.78 Å². The highest BCUT2D eigenvalue weighted by Crippen LogP contribution is 2.34. The van der Waals surface area contributed by atoms with Crippen LogP contribution in [0.5, 0.6) is 0 Å². The van der Waals surface area contributed by atoms with E-state index in [0.717, 1.165) is 25.5 Å². The van der Waals surface area contributed by atoms with Gasteiger partial charge in [0.25, 0.3) is 0 Å². The largest absolute Gasteiger partial charge is 0.384 e. The summed E-state index contributed by atoms with van der Waals surface area (Å²) in [5.41, 5.74) is 0.742. The maximum atomic E-state index is 14.0. The summed E-state index contributed by atoms with van der Waals surface area (Å²) >= 11 is 0. The van der Waals surface area contributed by atoms with Crippen molar-refractivity contribution in [3.05, 3.63) is 29.3 Å². The van der Waals surface area contributed by atoms with Crippen molar-refractivity contribution in [3.8, 4) is 0 Å². The van der Waals surface area contributed by atoms with Crippen LogP contribution in [-0.4, -0.2) is 19.8 Å². The van der Waals surface area contributed by atoms with Crippen LogP contribution in [0.3, 0.4) is 0 Å². The highest BCUT2D eigenvalue weighted by molar-refractivity contribution is 5.55. The van der Waals surface area contributed by atoms with E-state index in [-0.39, 0.29) is 5.41 Å². The summed E-state index contributed by atoms with van der Waals surface area (Å²) in [6, 6.07) is 2.34. The number of nitrogens with one attached hydrogen (secondary N) is 1. The minimum atomic E-state index is -0.540. The van der Waals surface area contributed by atoms with Crippen LogP contribution >= 0.6 is 0 Å². The number of rotatable bonds is 4. The predicted octanol–water partition coefficient (Wildman–Crippen LogP) is 5.13. The summed E-state index contributed by atoms with van der Waals surface area (Å²) in [7, 11) is 1.72. The Morgan fingerprint density at radius 1 is 1.18 bits per heavy atom. The number of anilines is 1. The minimum Gasteiger partial charge on any atom is -0.384 e. The Hall–Kier alpha value is -1.16. The molecule has 0 bridgehead atoms. The minimum absolute atomic E-state index is 0.341. The molecule has 0 aromatic heterocycles. The molecule has 0 atom stereocenters. The second kappa shape index (κ2) is 7.91. The molecule has 126 valence electrons. The van der Waals surface area contributed by atoms with E-state index in [2.05, 4.69) is 5.32 Å². The van der Waals surface area contributed by atoms with Gasteiger partial charge in [-0.1, -0.05) is 34.6 Å². The van der Waals surface area contributed by atoms with Crippen molar-refractivity contribution in [3.63, 3.8) is 0 Å². The SMILES string of the molecule is CC.COC1CC(CNc2cc(F)cc(F)c2C(C)(C)C)C1. The summed E-state index contributed by atoms with van der Waals surface area (Å²) in [5, 5.41) is 3.21. The number of hydrogen-bond donors (Lipinski definition) is 1. The Bertz CT molecular complexity index is 477. The number of methoxy groups -OCH3 is 1. The lowest BCUT2D eigenvalue weighted by Gasteiger charge is -2.35. The number of benzene rings is 1. The van der Waals surface area contributed by atoms with Gasteiger partial charge >= 0.3 is 0 Å². The molecule has 0 spiro atoms. The summed E-state index contributed by atoms with van der Waals surface area (Å²) in [6.45, 7) is 10.5. The lowest BCUT2D eigenvalue weighted by atomic mass is 9.81. The molecule has 1 fully saturated rings. The van der Waals surface area contributed by atoms with Crippen LogP contribution in [0.1, 0.15) is 53.0 Å². The van der Waals surface area contributed by atoms with E-state index in [9.17, 15) is 8.78 Å². The standard InChI is InChI=1S/C16H23F2NO.C2H6/c1-16(2,3)15-13(18)7-11(17)8-14(15)19-9-10-5-12(6-10)20-4;1-2/h7-8,10,12,19H,5-6,9H2,1-4H3;1-2H3. The van der Waals surface area contributed by atoms with E-state index in [1.807, 2.05) is 34.6 Å². The van der Waals surface area contributed by atoms with E-state index >= 15 is 0 Å². The fourth-order valence-electron chi connectivity index (χ4n) is 2.76. The molecule has 2 rings (SSSR count). The smallest absolute Gasteiger partial charge is 0.131 e. The van der Waals surface area contributed by atoms with Crippen LogP contribution in [0.4, 0.5) is 14.5 Å². The first-order chi connectivity index (χ1) is 10.3. The Morgan fingerprint density at radius 3 is 2.27 bits per heavy atom. The van der Waals surface area contributed by atoms with Gasteiger partial charge in [-0.15, -0.1) is 0 Å². The molecular weight excluding hydrogens is 284 g/mol. The highest BCUT2D eigenvalue weighted by Gasteiger charge is 2.29. The molecule has 1 aliphatic rings. The monoisotopic (exact) mass is 313 g/mol. The summed E-state index contributed by atoms with van der Waals surface area (Å²) in [5.74, 6) is -0.510. The number of halogens is 2. The van der Waals surface area contributed by atoms with Crippen LogP contribution in [0.25, 0.3) is 0 Å². The van der Waals surface area contributed by atoms with Gasteiger partial charge in [-0.2, -0.15) is 0 Å². The fourth-order valence-corrected chi connectivity index (χ4v) is 2.76. The van der Waals surface area contributed by atoms with E-state index in [1.54, 1.807) is 7.11 Å². The average molecular weight is 313 g/mol. The van der Waals surface area contributed by atoms with Crippen molar-refractivity contribution in [1.29, 1.82) is 0 Å². The maximum Gasteiger partial charge on any atom is 0.131 e. The maximum absolute atomic E-state index is 14.0. The summed E-state index contributed by atoms with van der Waals surface area (Å²) in [4.78, 5) is 0. The molecule has 2 nitrogen and oxygen atoms in total. The molecule has 1 aromatic rings. The van der Waals surface area contributed by atoms with E-state index in [0.29, 0.717) is 23.3 Å². The quantitative estimate of drug-likeness (QED) is 0.832. The molecule has 22 heavy (non-hydrogen) atoms. The third kappa shape index (κ3) is 4.67. The Morgan fingerprint density at radius 2 is 1.77 bits per heavy atom. The lowest BCUT2D eigenvalue weighted by Crippen LogP contribution is -2.35. The fraction of sp³-hybridized carbons (Fsp3) is 0.667. The van der Waals surface area contributed by atoms with Crippen molar-refractivity contribution in [2.75, 3.05) is 19.0 Å². The highest BCUT2D eigenvalue weighted by atomic mass is 19.1. The first-order valence-corrected chi connectivity index (χ1v) is 8.07. The molecule has 1 aliphatic carbocycles. The van der Waals surface area contributed by atoms with Crippen LogP contribution < -0.4 is 5.32 Å². The van der Waals surface area contributed by atoms with Gasteiger partial charge in [0.15, 0.2) is 0 Å². The Kier molecular flexibility index (Phi) is 6.79. The van der Waals surface area contributed by atoms with Gasteiger partial charge in [-0.05, 0) is 30.2 Å². The van der Waals surface area contributed by atoms with Gasteiger partial charge in [0.2, 0.25) is 0 Å². The normalized spacial score (nSPS) is 20.7. The third-order valence-electron chi connectivity index (χ3n) is 3.91. The molecular formula is C18H29F2NO. The molecule has 1 N–H and O–H groups in total. The second-order valence-corrected chi connectivity index (χ2v) is 6.64. The zero-order valence-electron chi connectivity index (χ0n) is 14.6. The van der Waals surface area contributed by atoms with Gasteiger partial charge in [0, 0.05) is 31.0 Å². The van der Waals surface area contributed by atoms with Crippen LogP contribution in [0, 0.1) is 17.6 Å². The van der Waals surface area contributed by atoms with Gasteiger partial charge in [0.05, 0.1) is 6.10 Å². The molecule has 0 aliphatic heterocycles. The summed E-state index contributed by atoms with van der Waals surface area (Å²) < 4.78 is 32.7. The molecule has 1 saturated carbocycles. The molecule has 1 aromatic carbocycles. The topological polar surface area (TPSA) is 21.3 Å². The zero-order valence-corrected chi connectivity index (χ0v) is 14.6. The van der Waals surface area contributed by atoms with Gasteiger partial charge in [0.1, 0.15) is 11.6 Å². The summed E-state index contributed by atoms with van der Waals surface area (Å²) in [6.07, 6.45) is 2.35. The molecule has 0 heterocycles. The first-order valence-electron chi connectivity index (χ1n) is 8.07. The van der Waals surface area contributed by atoms with Gasteiger partial charge < -0.3 is 10.1 Å². The molecule has 0 radical (unpaired) electrons. The Balaban J connectivity index is 0.00000116. The molecule has 0 unspecified atom stereocenters. The van der Waals surface area contributed by atoms with E-state index in [1.165, 1.54) is 6.07 Å². The van der Waals surface area contributed by atoms with Gasteiger partial charge in [-0.3, -0.25) is 0 Å². The molecule has 0 saturated heterocycles. The average Bonchev–Trinajstić information content (AvgIpc) is 2.37. The van der Waals surface area contributed by atoms with Crippen molar-refractivity contribution in [2.24, 2.45) is 5.92 Å². The van der Waals surface area contributed by atoms with E-state index in [4.69, 9.17) is 4.74 Å². The van der Waals surface area contributed by atoms with Crippen molar-refractivity contribution >= 4 is 5.69 Å². The van der Waals surface area contributed by atoms with Crippen LogP contribution in [-0.2, 0) is 10.2 Å². The third-order valence-corrected chi connectivity index (χ3v) is 3.91. The van der Waals surface area contributed by atoms with Crippen molar-refractivity contribution in [2.45, 2.75) is 59.0 Å². The second-order valence-electron chi connectivity index (χ2n) is 6.64. The molecule has 0 amide bonds. The van der Waals surface area contributed by atoms with Crippen LogP contribution in [0.15, 0.2) is 12.1 Å². The lowest BCUT2D eigenvalue weighted by molar-refractivity contribution is 0.00562. The van der Waals surface area contributed by atoms with Crippen molar-refractivity contribution in [1.82, 2.24) is 0 Å². The first kappa shape index (κ1) is 18.9. The van der Waals surface area contributed by atoms with Crippen LogP contribution in [0.2, 0.25) is 0 Å². The number of ether oxygens (including phenoxy) is 1. The Labute approximate surface area is 133 Å². The number of hydrogen-bond acceptors (Lipinski definition) is 2. The van der Waals surface area contributed by atoms with E-state index < -0.39 is 11.6 Å². The zero-order chi connectivity index (χ0) is 16.9.